The maximum absolute atomic E-state index is 12.6. The second-order valence-corrected chi connectivity index (χ2v) is 7.76. The minimum absolute atomic E-state index is 0.128. The Hall–Kier alpha value is -1.68. The molecule has 0 saturated heterocycles. The molecule has 4 rings (SSSR count). The van der Waals surface area contributed by atoms with E-state index in [0.29, 0.717) is 11.8 Å². The molecule has 3 atom stereocenters. The van der Waals surface area contributed by atoms with Crippen LogP contribution in [0.3, 0.4) is 0 Å². The summed E-state index contributed by atoms with van der Waals surface area (Å²) in [6.07, 6.45) is 5.29. The van der Waals surface area contributed by atoms with E-state index in [2.05, 4.69) is 29.4 Å². The number of aromatic nitrogens is 1. The Morgan fingerprint density at radius 1 is 1.32 bits per heavy atom. The summed E-state index contributed by atoms with van der Waals surface area (Å²) >= 11 is 1.71. The van der Waals surface area contributed by atoms with Crippen LogP contribution in [0.25, 0.3) is 0 Å². The van der Waals surface area contributed by atoms with Gasteiger partial charge in [0.15, 0.2) is 0 Å². The fourth-order valence-corrected chi connectivity index (χ4v) is 4.06. The van der Waals surface area contributed by atoms with Gasteiger partial charge in [-0.3, -0.25) is 4.79 Å². The molecule has 0 bridgehead atoms. The van der Waals surface area contributed by atoms with Crippen LogP contribution in [-0.4, -0.2) is 10.9 Å². The zero-order chi connectivity index (χ0) is 15.1. The second kappa shape index (κ2) is 5.51. The molecule has 1 aromatic carbocycles. The number of hydrogen-bond donors (Lipinski definition) is 1. The Balaban J connectivity index is 1.43. The van der Waals surface area contributed by atoms with Crippen LogP contribution in [0.1, 0.15) is 46.7 Å². The number of carbonyl (C=O) groups excluding carboxylic acids is 1. The Kier molecular flexibility index (Phi) is 3.49. The van der Waals surface area contributed by atoms with Crippen LogP contribution in [0.15, 0.2) is 36.5 Å². The number of nitrogens with zero attached hydrogens (tertiary/aromatic N) is 1. The van der Waals surface area contributed by atoms with Crippen molar-refractivity contribution in [3.63, 3.8) is 0 Å². The van der Waals surface area contributed by atoms with Crippen LogP contribution in [0.5, 0.6) is 0 Å². The molecule has 0 spiro atoms. The van der Waals surface area contributed by atoms with Crippen LogP contribution in [0, 0.1) is 18.8 Å². The molecule has 0 radical (unpaired) electrons. The number of amides is 1. The summed E-state index contributed by atoms with van der Waals surface area (Å²) < 4.78 is 0. The maximum atomic E-state index is 12.6. The Labute approximate surface area is 134 Å². The van der Waals surface area contributed by atoms with Crippen molar-refractivity contribution in [2.75, 3.05) is 0 Å². The van der Waals surface area contributed by atoms with Gasteiger partial charge in [-0.05, 0) is 43.6 Å². The van der Waals surface area contributed by atoms with Gasteiger partial charge >= 0.3 is 0 Å². The molecule has 4 heteroatoms. The van der Waals surface area contributed by atoms with Crippen molar-refractivity contribution >= 4 is 17.2 Å². The predicted octanol–water partition coefficient (Wildman–Crippen LogP) is 3.82. The van der Waals surface area contributed by atoms with Crippen molar-refractivity contribution in [3.05, 3.63) is 52.0 Å². The SMILES string of the molecule is Cc1cnc([C@H](NC(=O)[C@@H]2C[C@H]2c2ccccc2)C2CC2)s1. The highest BCUT2D eigenvalue weighted by molar-refractivity contribution is 7.11. The van der Waals surface area contributed by atoms with Crippen molar-refractivity contribution in [1.82, 2.24) is 10.3 Å². The zero-order valence-corrected chi connectivity index (χ0v) is 13.5. The van der Waals surface area contributed by atoms with Crippen LogP contribution in [0.4, 0.5) is 0 Å². The molecule has 0 unspecified atom stereocenters. The summed E-state index contributed by atoms with van der Waals surface area (Å²) in [5.74, 6) is 1.34. The molecule has 1 aromatic heterocycles. The van der Waals surface area contributed by atoms with Crippen molar-refractivity contribution in [3.8, 4) is 0 Å². The average Bonchev–Trinajstić information content (AvgIpc) is 3.44. The minimum Gasteiger partial charge on any atom is -0.346 e. The van der Waals surface area contributed by atoms with Gasteiger partial charge in [-0.2, -0.15) is 0 Å². The van der Waals surface area contributed by atoms with Crippen LogP contribution in [-0.2, 0) is 4.79 Å². The first-order chi connectivity index (χ1) is 10.7. The van der Waals surface area contributed by atoms with E-state index in [9.17, 15) is 4.79 Å². The fourth-order valence-electron chi connectivity index (χ4n) is 3.14. The van der Waals surface area contributed by atoms with Crippen LogP contribution < -0.4 is 5.32 Å². The first kappa shape index (κ1) is 13.9. The van der Waals surface area contributed by atoms with Gasteiger partial charge in [0.05, 0.1) is 6.04 Å². The van der Waals surface area contributed by atoms with E-state index >= 15 is 0 Å². The quantitative estimate of drug-likeness (QED) is 0.912. The number of aryl methyl sites for hydroxylation is 1. The molecular weight excluding hydrogens is 292 g/mol. The first-order valence-corrected chi connectivity index (χ1v) is 8.81. The van der Waals surface area contributed by atoms with Crippen molar-refractivity contribution in [2.45, 2.75) is 38.1 Å². The lowest BCUT2D eigenvalue weighted by atomic mass is 10.1. The number of nitrogens with one attached hydrogen (secondary N) is 1. The number of benzene rings is 1. The van der Waals surface area contributed by atoms with E-state index in [1.807, 2.05) is 24.4 Å². The third-order valence-electron chi connectivity index (χ3n) is 4.65. The van der Waals surface area contributed by atoms with Crippen LogP contribution >= 0.6 is 11.3 Å². The fraction of sp³-hybridized carbons (Fsp3) is 0.444. The topological polar surface area (TPSA) is 42.0 Å². The molecule has 2 fully saturated rings. The van der Waals surface area contributed by atoms with Gasteiger partial charge in [0.1, 0.15) is 5.01 Å². The molecule has 2 aliphatic carbocycles. The Bertz CT molecular complexity index is 677. The highest BCUT2D eigenvalue weighted by atomic mass is 32.1. The molecule has 0 aliphatic heterocycles. The number of thiazole rings is 1. The highest BCUT2D eigenvalue weighted by Crippen LogP contribution is 2.49. The standard InChI is InChI=1S/C18H20N2OS/c1-11-10-19-18(22-11)16(13-7-8-13)20-17(21)15-9-14(15)12-5-3-2-4-6-12/h2-6,10,13-16H,7-9H2,1H3,(H,20,21)/t14-,15+,16+/m0/s1. The molecule has 22 heavy (non-hydrogen) atoms. The predicted molar refractivity (Wildman–Crippen MR) is 87.7 cm³/mol. The lowest BCUT2D eigenvalue weighted by Crippen LogP contribution is -2.31. The molecule has 114 valence electrons. The molecule has 1 N–H and O–H groups in total. The molecule has 1 heterocycles. The maximum Gasteiger partial charge on any atom is 0.224 e. The van der Waals surface area contributed by atoms with Crippen molar-refractivity contribution in [1.29, 1.82) is 0 Å². The third kappa shape index (κ3) is 2.80. The summed E-state index contributed by atoms with van der Waals surface area (Å²) in [5.41, 5.74) is 1.29. The van der Waals surface area contributed by atoms with Gasteiger partial charge in [-0.25, -0.2) is 4.98 Å². The largest absolute Gasteiger partial charge is 0.346 e. The van der Waals surface area contributed by atoms with Gasteiger partial charge in [0.25, 0.3) is 0 Å². The number of rotatable bonds is 5. The monoisotopic (exact) mass is 312 g/mol. The number of carbonyl (C=O) groups is 1. The Morgan fingerprint density at radius 2 is 2.09 bits per heavy atom. The summed E-state index contributed by atoms with van der Waals surface area (Å²) in [5, 5.41) is 4.35. The summed E-state index contributed by atoms with van der Waals surface area (Å²) in [4.78, 5) is 18.3. The van der Waals surface area contributed by atoms with Crippen molar-refractivity contribution < 1.29 is 4.79 Å². The van der Waals surface area contributed by atoms with Crippen LogP contribution in [0.2, 0.25) is 0 Å². The lowest BCUT2D eigenvalue weighted by molar-refractivity contribution is -0.123. The molecule has 1 amide bonds. The van der Waals surface area contributed by atoms with Crippen molar-refractivity contribution in [2.24, 2.45) is 11.8 Å². The van der Waals surface area contributed by atoms with E-state index in [4.69, 9.17) is 0 Å². The summed E-state index contributed by atoms with van der Waals surface area (Å²) in [6, 6.07) is 10.5. The average molecular weight is 312 g/mol. The van der Waals surface area contributed by atoms with Gasteiger partial charge < -0.3 is 5.32 Å². The van der Waals surface area contributed by atoms with E-state index < -0.39 is 0 Å². The van der Waals surface area contributed by atoms with Gasteiger partial charge in [-0.15, -0.1) is 11.3 Å². The smallest absolute Gasteiger partial charge is 0.224 e. The van der Waals surface area contributed by atoms with Gasteiger partial charge in [0.2, 0.25) is 5.91 Å². The molecule has 2 aliphatic rings. The van der Waals surface area contributed by atoms with E-state index in [-0.39, 0.29) is 17.9 Å². The normalized spacial score (nSPS) is 24.8. The molecular formula is C18H20N2OS. The van der Waals surface area contributed by atoms with E-state index in [0.717, 1.165) is 11.4 Å². The molecule has 2 saturated carbocycles. The zero-order valence-electron chi connectivity index (χ0n) is 12.7. The van der Waals surface area contributed by atoms with Gasteiger partial charge in [0, 0.05) is 17.0 Å². The molecule has 3 nitrogen and oxygen atoms in total. The Morgan fingerprint density at radius 3 is 2.73 bits per heavy atom. The van der Waals surface area contributed by atoms with E-state index in [1.165, 1.54) is 23.3 Å². The summed E-state index contributed by atoms with van der Waals surface area (Å²) in [6.45, 7) is 2.07. The minimum atomic E-state index is 0.128. The number of hydrogen-bond acceptors (Lipinski definition) is 3. The van der Waals surface area contributed by atoms with E-state index in [1.54, 1.807) is 11.3 Å². The first-order valence-electron chi connectivity index (χ1n) is 8.00. The summed E-state index contributed by atoms with van der Waals surface area (Å²) in [7, 11) is 0. The third-order valence-corrected chi connectivity index (χ3v) is 5.65. The van der Waals surface area contributed by atoms with Gasteiger partial charge in [-0.1, -0.05) is 30.3 Å². The molecule has 2 aromatic rings. The lowest BCUT2D eigenvalue weighted by Gasteiger charge is -2.16. The second-order valence-electron chi connectivity index (χ2n) is 6.49. The highest BCUT2D eigenvalue weighted by Gasteiger charge is 2.46.